The number of nitrogens with zero attached hydrogens (tertiary/aromatic N) is 1. The summed E-state index contributed by atoms with van der Waals surface area (Å²) in [6, 6.07) is 7.03. The number of hydrogen-bond acceptors (Lipinski definition) is 2. The van der Waals surface area contributed by atoms with Crippen LogP contribution in [-0.2, 0) is 6.42 Å². The van der Waals surface area contributed by atoms with Gasteiger partial charge in [0, 0.05) is 24.8 Å². The van der Waals surface area contributed by atoms with Gasteiger partial charge in [0.2, 0.25) is 0 Å². The molecule has 0 amide bonds. The predicted molar refractivity (Wildman–Crippen MR) is 81.3 cm³/mol. The van der Waals surface area contributed by atoms with E-state index in [-0.39, 0.29) is 6.04 Å². The molecule has 2 heteroatoms. The van der Waals surface area contributed by atoms with E-state index in [2.05, 4.69) is 50.8 Å². The second-order valence-corrected chi connectivity index (χ2v) is 5.28. The minimum atomic E-state index is 0.233. The van der Waals surface area contributed by atoms with Gasteiger partial charge in [-0.3, -0.25) is 0 Å². The lowest BCUT2D eigenvalue weighted by atomic mass is 10.0. The molecule has 0 aromatic heterocycles. The number of nitrogens with two attached hydrogens (primary N) is 1. The van der Waals surface area contributed by atoms with Gasteiger partial charge in [0.15, 0.2) is 0 Å². The summed E-state index contributed by atoms with van der Waals surface area (Å²) >= 11 is 0. The van der Waals surface area contributed by atoms with E-state index in [1.165, 1.54) is 29.7 Å². The molecule has 0 spiro atoms. The molecule has 1 aromatic carbocycles. The fourth-order valence-electron chi connectivity index (χ4n) is 2.36. The summed E-state index contributed by atoms with van der Waals surface area (Å²) in [4.78, 5) is 2.47. The zero-order valence-electron chi connectivity index (χ0n) is 12.4. The predicted octanol–water partition coefficient (Wildman–Crippen LogP) is 3.51. The maximum absolute atomic E-state index is 5.88. The Labute approximate surface area is 112 Å². The maximum Gasteiger partial charge on any atom is 0.0369 e. The molecule has 0 aliphatic heterocycles. The van der Waals surface area contributed by atoms with E-state index in [1.807, 2.05) is 0 Å². The molecule has 0 heterocycles. The van der Waals surface area contributed by atoms with E-state index in [9.17, 15) is 0 Å². The van der Waals surface area contributed by atoms with Crippen LogP contribution in [0.1, 0.15) is 44.7 Å². The highest BCUT2D eigenvalue weighted by Crippen LogP contribution is 2.20. The number of rotatable bonds is 7. The molecule has 0 aliphatic carbocycles. The second-order valence-electron chi connectivity index (χ2n) is 5.28. The van der Waals surface area contributed by atoms with Gasteiger partial charge in [-0.2, -0.15) is 0 Å². The van der Waals surface area contributed by atoms with Crippen molar-refractivity contribution in [3.8, 4) is 0 Å². The standard InChI is InChI=1S/C16H28N2/c1-5-9-18(10-6-2)16-8-7-15(12-14(4)17)13(3)11-16/h7-8,11,14H,5-6,9-10,12,17H2,1-4H3. The highest BCUT2D eigenvalue weighted by Gasteiger charge is 2.07. The van der Waals surface area contributed by atoms with Gasteiger partial charge in [-0.1, -0.05) is 19.9 Å². The fourth-order valence-corrected chi connectivity index (χ4v) is 2.36. The lowest BCUT2D eigenvalue weighted by molar-refractivity contribution is 0.730. The molecule has 0 fully saturated rings. The second kappa shape index (κ2) is 7.42. The van der Waals surface area contributed by atoms with E-state index in [0.717, 1.165) is 19.5 Å². The molecule has 0 radical (unpaired) electrons. The summed E-state index contributed by atoms with van der Waals surface area (Å²) < 4.78 is 0. The first-order valence-electron chi connectivity index (χ1n) is 7.18. The van der Waals surface area contributed by atoms with E-state index >= 15 is 0 Å². The summed E-state index contributed by atoms with van der Waals surface area (Å²) in [5.74, 6) is 0. The Morgan fingerprint density at radius 3 is 2.22 bits per heavy atom. The Bertz CT molecular complexity index is 352. The number of anilines is 1. The van der Waals surface area contributed by atoms with E-state index in [4.69, 9.17) is 5.73 Å². The molecule has 0 bridgehead atoms. The molecule has 0 saturated heterocycles. The summed E-state index contributed by atoms with van der Waals surface area (Å²) in [7, 11) is 0. The summed E-state index contributed by atoms with van der Waals surface area (Å²) in [6.07, 6.45) is 3.36. The maximum atomic E-state index is 5.88. The third kappa shape index (κ3) is 4.34. The van der Waals surface area contributed by atoms with Gasteiger partial charge >= 0.3 is 0 Å². The fraction of sp³-hybridized carbons (Fsp3) is 0.625. The minimum absolute atomic E-state index is 0.233. The van der Waals surface area contributed by atoms with E-state index < -0.39 is 0 Å². The van der Waals surface area contributed by atoms with Gasteiger partial charge in [0.25, 0.3) is 0 Å². The van der Waals surface area contributed by atoms with Crippen LogP contribution in [0.3, 0.4) is 0 Å². The van der Waals surface area contributed by atoms with Gasteiger partial charge in [-0.15, -0.1) is 0 Å². The van der Waals surface area contributed by atoms with Gasteiger partial charge in [0.05, 0.1) is 0 Å². The van der Waals surface area contributed by atoms with Crippen LogP contribution < -0.4 is 10.6 Å². The van der Waals surface area contributed by atoms with Crippen molar-refractivity contribution < 1.29 is 0 Å². The topological polar surface area (TPSA) is 29.3 Å². The van der Waals surface area contributed by atoms with Crippen molar-refractivity contribution >= 4 is 5.69 Å². The van der Waals surface area contributed by atoms with Crippen LogP contribution in [0.4, 0.5) is 5.69 Å². The van der Waals surface area contributed by atoms with Crippen LogP contribution in [0.2, 0.25) is 0 Å². The Morgan fingerprint density at radius 2 is 1.78 bits per heavy atom. The highest BCUT2D eigenvalue weighted by molar-refractivity contribution is 5.51. The smallest absolute Gasteiger partial charge is 0.0369 e. The van der Waals surface area contributed by atoms with Crippen molar-refractivity contribution in [3.05, 3.63) is 29.3 Å². The average molecular weight is 248 g/mol. The molecule has 102 valence electrons. The third-order valence-corrected chi connectivity index (χ3v) is 3.22. The molecule has 2 N–H and O–H groups in total. The average Bonchev–Trinajstić information content (AvgIpc) is 2.31. The van der Waals surface area contributed by atoms with Crippen molar-refractivity contribution in [1.82, 2.24) is 0 Å². The monoisotopic (exact) mass is 248 g/mol. The van der Waals surface area contributed by atoms with Gasteiger partial charge in [0.1, 0.15) is 0 Å². The van der Waals surface area contributed by atoms with Crippen LogP contribution in [0, 0.1) is 6.92 Å². The van der Waals surface area contributed by atoms with Crippen molar-refractivity contribution in [1.29, 1.82) is 0 Å². The Kier molecular flexibility index (Phi) is 6.20. The van der Waals surface area contributed by atoms with E-state index in [1.54, 1.807) is 0 Å². The SMILES string of the molecule is CCCN(CCC)c1ccc(CC(C)N)c(C)c1. The first-order valence-corrected chi connectivity index (χ1v) is 7.18. The number of aryl methyl sites for hydroxylation is 1. The Balaban J connectivity index is 2.86. The third-order valence-electron chi connectivity index (χ3n) is 3.22. The van der Waals surface area contributed by atoms with Crippen molar-refractivity contribution in [3.63, 3.8) is 0 Å². The minimum Gasteiger partial charge on any atom is -0.372 e. The molecule has 1 aromatic rings. The summed E-state index contributed by atoms with van der Waals surface area (Å²) in [6.45, 7) is 11.0. The highest BCUT2D eigenvalue weighted by atomic mass is 15.1. The Morgan fingerprint density at radius 1 is 1.17 bits per heavy atom. The van der Waals surface area contributed by atoms with Crippen LogP contribution in [0.25, 0.3) is 0 Å². The van der Waals surface area contributed by atoms with Crippen LogP contribution in [0.15, 0.2) is 18.2 Å². The van der Waals surface area contributed by atoms with E-state index in [0.29, 0.717) is 0 Å². The van der Waals surface area contributed by atoms with Crippen LogP contribution in [-0.4, -0.2) is 19.1 Å². The molecular formula is C16H28N2. The van der Waals surface area contributed by atoms with Crippen LogP contribution >= 0.6 is 0 Å². The quantitative estimate of drug-likeness (QED) is 0.800. The molecule has 1 unspecified atom stereocenters. The first-order chi connectivity index (χ1) is 8.58. The van der Waals surface area contributed by atoms with Crippen molar-refractivity contribution in [2.24, 2.45) is 5.73 Å². The molecule has 0 saturated carbocycles. The zero-order valence-corrected chi connectivity index (χ0v) is 12.4. The molecule has 18 heavy (non-hydrogen) atoms. The number of benzene rings is 1. The normalized spacial score (nSPS) is 12.5. The van der Waals surface area contributed by atoms with Gasteiger partial charge in [-0.05, 0) is 56.4 Å². The van der Waals surface area contributed by atoms with Gasteiger partial charge in [-0.25, -0.2) is 0 Å². The molecular weight excluding hydrogens is 220 g/mol. The Hall–Kier alpha value is -1.02. The molecule has 2 nitrogen and oxygen atoms in total. The molecule has 0 aliphatic rings. The van der Waals surface area contributed by atoms with Crippen molar-refractivity contribution in [2.75, 3.05) is 18.0 Å². The van der Waals surface area contributed by atoms with Crippen molar-refractivity contribution in [2.45, 2.75) is 53.0 Å². The number of hydrogen-bond donors (Lipinski definition) is 1. The summed E-state index contributed by atoms with van der Waals surface area (Å²) in [5.41, 5.74) is 9.97. The lowest BCUT2D eigenvalue weighted by Gasteiger charge is -2.25. The summed E-state index contributed by atoms with van der Waals surface area (Å²) in [5, 5.41) is 0. The lowest BCUT2D eigenvalue weighted by Crippen LogP contribution is -2.25. The zero-order chi connectivity index (χ0) is 13.5. The molecule has 1 atom stereocenters. The van der Waals surface area contributed by atoms with Crippen LogP contribution in [0.5, 0.6) is 0 Å². The van der Waals surface area contributed by atoms with Gasteiger partial charge < -0.3 is 10.6 Å². The first kappa shape index (κ1) is 15.0. The largest absolute Gasteiger partial charge is 0.372 e. The molecule has 1 rings (SSSR count).